The molecule has 1 aromatic carbocycles. The molecule has 1 heterocycles. The van der Waals surface area contributed by atoms with Gasteiger partial charge in [-0.25, -0.2) is 8.42 Å². The van der Waals surface area contributed by atoms with Gasteiger partial charge >= 0.3 is 0 Å². The van der Waals surface area contributed by atoms with E-state index in [-0.39, 0.29) is 5.41 Å². The molecule has 0 aromatic heterocycles. The SMILES string of the molecule is CCNCC(C)(CN1CCS(=O)(=O)CC1)c1ccccc1. The molecule has 0 bridgehead atoms. The second-order valence-corrected chi connectivity index (χ2v) is 8.44. The second-order valence-electron chi connectivity index (χ2n) is 6.13. The summed E-state index contributed by atoms with van der Waals surface area (Å²) < 4.78 is 23.1. The van der Waals surface area contributed by atoms with Crippen LogP contribution in [0.15, 0.2) is 30.3 Å². The number of likely N-dealkylation sites (N-methyl/N-ethyl adjacent to an activating group) is 1. The minimum Gasteiger partial charge on any atom is -0.316 e. The van der Waals surface area contributed by atoms with Gasteiger partial charge in [-0.15, -0.1) is 0 Å². The maximum atomic E-state index is 11.6. The summed E-state index contributed by atoms with van der Waals surface area (Å²) in [6.45, 7) is 8.40. The van der Waals surface area contributed by atoms with E-state index in [0.29, 0.717) is 24.6 Å². The Bertz CT molecular complexity index is 531. The van der Waals surface area contributed by atoms with E-state index in [9.17, 15) is 8.42 Å². The van der Waals surface area contributed by atoms with Crippen LogP contribution in [0.5, 0.6) is 0 Å². The van der Waals surface area contributed by atoms with Gasteiger partial charge in [-0.1, -0.05) is 44.2 Å². The first kappa shape index (κ1) is 16.5. The lowest BCUT2D eigenvalue weighted by molar-refractivity contribution is 0.225. The van der Waals surface area contributed by atoms with Crippen molar-refractivity contribution in [3.05, 3.63) is 35.9 Å². The zero-order chi connectivity index (χ0) is 15.3. The number of hydrogen-bond acceptors (Lipinski definition) is 4. The van der Waals surface area contributed by atoms with Crippen molar-refractivity contribution in [3.8, 4) is 0 Å². The molecule has 1 atom stereocenters. The molecule has 1 aliphatic rings. The molecule has 1 N–H and O–H groups in total. The summed E-state index contributed by atoms with van der Waals surface area (Å²) >= 11 is 0. The van der Waals surface area contributed by atoms with E-state index in [1.807, 2.05) is 6.07 Å². The standard InChI is InChI=1S/C16H26N2O2S/c1-3-17-13-16(2,15-7-5-4-6-8-15)14-18-9-11-21(19,20)12-10-18/h4-8,17H,3,9-14H2,1-2H3. The van der Waals surface area contributed by atoms with Gasteiger partial charge in [-0.05, 0) is 12.1 Å². The highest BCUT2D eigenvalue weighted by molar-refractivity contribution is 7.91. The van der Waals surface area contributed by atoms with E-state index >= 15 is 0 Å². The summed E-state index contributed by atoms with van der Waals surface area (Å²) in [4.78, 5) is 2.28. The van der Waals surface area contributed by atoms with Crippen LogP contribution in [-0.4, -0.2) is 57.5 Å². The van der Waals surface area contributed by atoms with Crippen molar-refractivity contribution in [1.29, 1.82) is 0 Å². The number of sulfone groups is 1. The molecular weight excluding hydrogens is 284 g/mol. The van der Waals surface area contributed by atoms with Gasteiger partial charge in [-0.3, -0.25) is 0 Å². The van der Waals surface area contributed by atoms with Crippen molar-refractivity contribution >= 4 is 9.84 Å². The quantitative estimate of drug-likeness (QED) is 0.860. The van der Waals surface area contributed by atoms with Crippen LogP contribution in [0, 0.1) is 0 Å². The summed E-state index contributed by atoms with van der Waals surface area (Å²) in [7, 11) is -2.81. The molecule has 5 heteroatoms. The van der Waals surface area contributed by atoms with E-state index in [1.165, 1.54) is 5.56 Å². The smallest absolute Gasteiger partial charge is 0.152 e. The predicted octanol–water partition coefficient (Wildman–Crippen LogP) is 1.28. The molecule has 0 saturated carbocycles. The molecule has 1 aliphatic heterocycles. The van der Waals surface area contributed by atoms with Crippen molar-refractivity contribution in [2.45, 2.75) is 19.3 Å². The summed E-state index contributed by atoms with van der Waals surface area (Å²) in [5, 5.41) is 3.45. The Kier molecular flexibility index (Phi) is 5.41. The zero-order valence-electron chi connectivity index (χ0n) is 13.0. The van der Waals surface area contributed by atoms with Gasteiger partial charge in [0, 0.05) is 31.6 Å². The van der Waals surface area contributed by atoms with Crippen LogP contribution >= 0.6 is 0 Å². The molecule has 21 heavy (non-hydrogen) atoms. The minimum absolute atomic E-state index is 0.00162. The first-order valence-corrected chi connectivity index (χ1v) is 9.46. The highest BCUT2D eigenvalue weighted by Gasteiger charge is 2.31. The Morgan fingerprint density at radius 1 is 1.19 bits per heavy atom. The number of rotatable bonds is 6. The van der Waals surface area contributed by atoms with Gasteiger partial charge in [0.15, 0.2) is 9.84 Å². The lowest BCUT2D eigenvalue weighted by Crippen LogP contribution is -2.50. The summed E-state index contributed by atoms with van der Waals surface area (Å²) in [5.41, 5.74) is 1.30. The largest absolute Gasteiger partial charge is 0.316 e. The Morgan fingerprint density at radius 3 is 2.38 bits per heavy atom. The first-order valence-electron chi connectivity index (χ1n) is 7.64. The fourth-order valence-corrected chi connectivity index (χ4v) is 4.17. The van der Waals surface area contributed by atoms with Crippen LogP contribution in [0.1, 0.15) is 19.4 Å². The zero-order valence-corrected chi connectivity index (χ0v) is 13.8. The van der Waals surface area contributed by atoms with E-state index in [1.54, 1.807) is 0 Å². The number of hydrogen-bond donors (Lipinski definition) is 1. The second kappa shape index (κ2) is 6.90. The lowest BCUT2D eigenvalue weighted by Gasteiger charge is -2.38. The molecule has 0 aliphatic carbocycles. The molecule has 4 nitrogen and oxygen atoms in total. The van der Waals surface area contributed by atoms with E-state index in [2.05, 4.69) is 48.3 Å². The Hall–Kier alpha value is -0.910. The van der Waals surface area contributed by atoms with Crippen molar-refractivity contribution in [1.82, 2.24) is 10.2 Å². The summed E-state index contributed by atoms with van der Waals surface area (Å²) in [5.74, 6) is 0.582. The number of nitrogens with zero attached hydrogens (tertiary/aromatic N) is 1. The van der Waals surface area contributed by atoms with Crippen LogP contribution in [0.3, 0.4) is 0 Å². The van der Waals surface area contributed by atoms with Crippen LogP contribution < -0.4 is 5.32 Å². The van der Waals surface area contributed by atoms with Gasteiger partial charge in [0.25, 0.3) is 0 Å². The highest BCUT2D eigenvalue weighted by Crippen LogP contribution is 2.25. The van der Waals surface area contributed by atoms with Crippen molar-refractivity contribution in [2.24, 2.45) is 0 Å². The maximum Gasteiger partial charge on any atom is 0.152 e. The fraction of sp³-hybridized carbons (Fsp3) is 0.625. The van der Waals surface area contributed by atoms with Gasteiger partial charge < -0.3 is 10.2 Å². The molecule has 118 valence electrons. The van der Waals surface area contributed by atoms with Crippen molar-refractivity contribution in [2.75, 3.05) is 44.2 Å². The van der Waals surface area contributed by atoms with E-state index in [0.717, 1.165) is 19.6 Å². The number of nitrogens with one attached hydrogen (secondary N) is 1. The topological polar surface area (TPSA) is 49.4 Å². The molecule has 0 spiro atoms. The summed E-state index contributed by atoms with van der Waals surface area (Å²) in [6, 6.07) is 10.5. The molecule has 1 aromatic rings. The fourth-order valence-electron chi connectivity index (χ4n) is 2.89. The third kappa shape index (κ3) is 4.53. The normalized spacial score (nSPS) is 21.8. The predicted molar refractivity (Wildman–Crippen MR) is 87.4 cm³/mol. The molecule has 0 amide bonds. The Morgan fingerprint density at radius 2 is 1.81 bits per heavy atom. The van der Waals surface area contributed by atoms with Gasteiger partial charge in [0.1, 0.15) is 0 Å². The average molecular weight is 310 g/mol. The summed E-state index contributed by atoms with van der Waals surface area (Å²) in [6.07, 6.45) is 0. The third-order valence-electron chi connectivity index (χ3n) is 4.25. The molecule has 2 rings (SSSR count). The third-order valence-corrected chi connectivity index (χ3v) is 5.85. The average Bonchev–Trinajstić information content (AvgIpc) is 2.48. The molecular formula is C16H26N2O2S. The van der Waals surface area contributed by atoms with Crippen LogP contribution in [0.4, 0.5) is 0 Å². The van der Waals surface area contributed by atoms with Gasteiger partial charge in [0.2, 0.25) is 0 Å². The Labute approximate surface area is 128 Å². The van der Waals surface area contributed by atoms with E-state index in [4.69, 9.17) is 0 Å². The van der Waals surface area contributed by atoms with Crippen LogP contribution in [0.25, 0.3) is 0 Å². The van der Waals surface area contributed by atoms with Crippen molar-refractivity contribution in [3.63, 3.8) is 0 Å². The molecule has 1 fully saturated rings. The van der Waals surface area contributed by atoms with Crippen LogP contribution in [0.2, 0.25) is 0 Å². The minimum atomic E-state index is -2.81. The Balaban J connectivity index is 2.10. The number of benzene rings is 1. The van der Waals surface area contributed by atoms with Crippen LogP contribution in [-0.2, 0) is 15.3 Å². The maximum absolute atomic E-state index is 11.6. The van der Waals surface area contributed by atoms with Gasteiger partial charge in [0.05, 0.1) is 11.5 Å². The molecule has 0 radical (unpaired) electrons. The molecule has 1 unspecified atom stereocenters. The van der Waals surface area contributed by atoms with Crippen molar-refractivity contribution < 1.29 is 8.42 Å². The monoisotopic (exact) mass is 310 g/mol. The lowest BCUT2D eigenvalue weighted by atomic mass is 9.81. The van der Waals surface area contributed by atoms with E-state index < -0.39 is 9.84 Å². The van der Waals surface area contributed by atoms with Gasteiger partial charge in [-0.2, -0.15) is 0 Å². The molecule has 1 saturated heterocycles. The first-order chi connectivity index (χ1) is 9.95. The highest BCUT2D eigenvalue weighted by atomic mass is 32.2.